The van der Waals surface area contributed by atoms with Gasteiger partial charge in [-0.15, -0.1) is 0 Å². The lowest BCUT2D eigenvalue weighted by Crippen LogP contribution is -2.32. The van der Waals surface area contributed by atoms with Gasteiger partial charge in [-0.05, 0) is 32.8 Å². The number of anilines is 1. The molecular formula is C14H17N3O2. The van der Waals surface area contributed by atoms with E-state index in [9.17, 15) is 9.59 Å². The molecule has 0 bridgehead atoms. The van der Waals surface area contributed by atoms with E-state index in [1.54, 1.807) is 0 Å². The molecule has 2 aliphatic rings. The third kappa shape index (κ3) is 1.93. The van der Waals surface area contributed by atoms with Crippen LogP contribution in [0.15, 0.2) is 6.07 Å². The molecule has 2 unspecified atom stereocenters. The molecule has 5 heteroatoms. The van der Waals surface area contributed by atoms with Gasteiger partial charge in [-0.25, -0.2) is 14.9 Å². The van der Waals surface area contributed by atoms with Crippen LogP contribution < -0.4 is 4.90 Å². The summed E-state index contributed by atoms with van der Waals surface area (Å²) < 4.78 is 0. The zero-order chi connectivity index (χ0) is 13.6. The molecule has 3 rings (SSSR count). The Morgan fingerprint density at radius 1 is 1.00 bits per heavy atom. The van der Waals surface area contributed by atoms with Crippen LogP contribution in [0, 0.1) is 25.7 Å². The van der Waals surface area contributed by atoms with Crippen LogP contribution in [0.25, 0.3) is 0 Å². The van der Waals surface area contributed by atoms with Crippen LogP contribution in [-0.4, -0.2) is 21.8 Å². The minimum Gasteiger partial charge on any atom is -0.274 e. The summed E-state index contributed by atoms with van der Waals surface area (Å²) in [6.45, 7) is 3.69. The maximum absolute atomic E-state index is 12.4. The van der Waals surface area contributed by atoms with Gasteiger partial charge in [0, 0.05) is 11.4 Å². The zero-order valence-corrected chi connectivity index (χ0v) is 11.2. The number of hydrogen-bond acceptors (Lipinski definition) is 4. The number of hydrogen-bond donors (Lipinski definition) is 0. The average molecular weight is 259 g/mol. The minimum absolute atomic E-state index is 0.111. The van der Waals surface area contributed by atoms with Gasteiger partial charge in [0.25, 0.3) is 0 Å². The fourth-order valence-electron chi connectivity index (χ4n) is 3.17. The summed E-state index contributed by atoms with van der Waals surface area (Å²) in [4.78, 5) is 34.5. The van der Waals surface area contributed by atoms with Crippen molar-refractivity contribution in [3.8, 4) is 0 Å². The molecule has 2 atom stereocenters. The van der Waals surface area contributed by atoms with E-state index in [2.05, 4.69) is 9.97 Å². The predicted molar refractivity (Wildman–Crippen MR) is 69.4 cm³/mol. The smallest absolute Gasteiger partial charge is 0.240 e. The number of fused-ring (bicyclic) bond motifs is 1. The quantitative estimate of drug-likeness (QED) is 0.721. The maximum atomic E-state index is 12.4. The summed E-state index contributed by atoms with van der Waals surface area (Å²) in [6, 6.07) is 1.83. The van der Waals surface area contributed by atoms with Gasteiger partial charge in [0.2, 0.25) is 17.8 Å². The first-order valence-electron chi connectivity index (χ1n) is 6.78. The summed E-state index contributed by atoms with van der Waals surface area (Å²) in [5.74, 6) is -0.266. The van der Waals surface area contributed by atoms with Gasteiger partial charge in [0.05, 0.1) is 11.8 Å². The van der Waals surface area contributed by atoms with E-state index in [4.69, 9.17) is 0 Å². The number of aryl methyl sites for hydroxylation is 2. The fourth-order valence-corrected chi connectivity index (χ4v) is 3.17. The van der Waals surface area contributed by atoms with Crippen LogP contribution in [-0.2, 0) is 9.59 Å². The van der Waals surface area contributed by atoms with Crippen LogP contribution in [0.5, 0.6) is 0 Å². The zero-order valence-electron chi connectivity index (χ0n) is 11.2. The lowest BCUT2D eigenvalue weighted by Gasteiger charge is -2.19. The first-order chi connectivity index (χ1) is 9.08. The molecule has 5 nitrogen and oxygen atoms in total. The number of nitrogens with zero attached hydrogens (tertiary/aromatic N) is 3. The van der Waals surface area contributed by atoms with E-state index < -0.39 is 0 Å². The summed E-state index contributed by atoms with van der Waals surface area (Å²) in [6.07, 6.45) is 3.69. The summed E-state index contributed by atoms with van der Waals surface area (Å²) in [7, 11) is 0. The van der Waals surface area contributed by atoms with Crippen LogP contribution in [0.2, 0.25) is 0 Å². The number of amides is 2. The second-order valence-electron chi connectivity index (χ2n) is 5.46. The number of aromatic nitrogens is 2. The first-order valence-corrected chi connectivity index (χ1v) is 6.78. The summed E-state index contributed by atoms with van der Waals surface area (Å²) in [5, 5.41) is 0. The molecule has 0 spiro atoms. The van der Waals surface area contributed by atoms with Gasteiger partial charge >= 0.3 is 0 Å². The van der Waals surface area contributed by atoms with Crippen LogP contribution in [0.4, 0.5) is 5.95 Å². The largest absolute Gasteiger partial charge is 0.274 e. The van der Waals surface area contributed by atoms with Gasteiger partial charge < -0.3 is 0 Å². The van der Waals surface area contributed by atoms with Crippen LogP contribution in [0.3, 0.4) is 0 Å². The Morgan fingerprint density at radius 3 is 1.95 bits per heavy atom. The third-order valence-corrected chi connectivity index (χ3v) is 4.01. The molecule has 1 saturated carbocycles. The molecule has 1 aliphatic heterocycles. The molecule has 100 valence electrons. The lowest BCUT2D eigenvalue weighted by atomic mass is 9.81. The minimum atomic E-state index is -0.148. The van der Waals surface area contributed by atoms with Crippen molar-refractivity contribution in [1.82, 2.24) is 9.97 Å². The molecule has 0 N–H and O–H groups in total. The molecular weight excluding hydrogens is 242 g/mol. The van der Waals surface area contributed by atoms with Crippen molar-refractivity contribution in [3.05, 3.63) is 17.5 Å². The van der Waals surface area contributed by atoms with Gasteiger partial charge in [0.15, 0.2) is 0 Å². The summed E-state index contributed by atoms with van der Waals surface area (Å²) >= 11 is 0. The Kier molecular flexibility index (Phi) is 2.84. The maximum Gasteiger partial charge on any atom is 0.240 e. The molecule has 2 heterocycles. The van der Waals surface area contributed by atoms with Gasteiger partial charge in [-0.2, -0.15) is 0 Å². The second kappa shape index (κ2) is 4.40. The normalized spacial score (nSPS) is 26.7. The van der Waals surface area contributed by atoms with E-state index in [1.165, 1.54) is 4.90 Å². The second-order valence-corrected chi connectivity index (χ2v) is 5.46. The Bertz CT molecular complexity index is 511. The van der Waals surface area contributed by atoms with Crippen LogP contribution >= 0.6 is 0 Å². The Balaban J connectivity index is 2.00. The molecule has 19 heavy (non-hydrogen) atoms. The van der Waals surface area contributed by atoms with E-state index in [-0.39, 0.29) is 29.6 Å². The van der Waals surface area contributed by atoms with Gasteiger partial charge in [0.1, 0.15) is 0 Å². The van der Waals surface area contributed by atoms with Gasteiger partial charge in [-0.1, -0.05) is 12.8 Å². The number of carbonyl (C=O) groups is 2. The molecule has 1 aromatic rings. The first kappa shape index (κ1) is 12.3. The van der Waals surface area contributed by atoms with Crippen molar-refractivity contribution < 1.29 is 9.59 Å². The molecule has 0 aromatic carbocycles. The van der Waals surface area contributed by atoms with E-state index in [0.29, 0.717) is 0 Å². The number of carbonyl (C=O) groups excluding carboxylic acids is 2. The predicted octanol–water partition coefficient (Wildman–Crippen LogP) is 1.77. The van der Waals surface area contributed by atoms with Crippen molar-refractivity contribution >= 4 is 17.8 Å². The standard InChI is InChI=1S/C14H17N3O2/c1-8-7-9(2)16-14(15-8)17-12(18)10-5-3-4-6-11(10)13(17)19/h7,10-11H,3-6H2,1-2H3. The van der Waals surface area contributed by atoms with E-state index in [1.807, 2.05) is 19.9 Å². The van der Waals surface area contributed by atoms with E-state index in [0.717, 1.165) is 37.1 Å². The van der Waals surface area contributed by atoms with Gasteiger partial charge in [-0.3, -0.25) is 9.59 Å². The molecule has 1 saturated heterocycles. The molecule has 2 amide bonds. The highest BCUT2D eigenvalue weighted by atomic mass is 16.2. The fraction of sp³-hybridized carbons (Fsp3) is 0.571. The van der Waals surface area contributed by atoms with E-state index >= 15 is 0 Å². The highest BCUT2D eigenvalue weighted by molar-refractivity contribution is 6.21. The van der Waals surface area contributed by atoms with Crippen molar-refractivity contribution in [2.24, 2.45) is 11.8 Å². The summed E-state index contributed by atoms with van der Waals surface area (Å²) in [5.41, 5.74) is 1.55. The molecule has 0 radical (unpaired) electrons. The highest BCUT2D eigenvalue weighted by Crippen LogP contribution is 2.39. The van der Waals surface area contributed by atoms with Crippen molar-refractivity contribution in [1.29, 1.82) is 0 Å². The molecule has 1 aliphatic carbocycles. The highest BCUT2D eigenvalue weighted by Gasteiger charge is 2.49. The Hall–Kier alpha value is -1.78. The molecule has 2 fully saturated rings. The monoisotopic (exact) mass is 259 g/mol. The van der Waals surface area contributed by atoms with Crippen LogP contribution in [0.1, 0.15) is 37.1 Å². The topological polar surface area (TPSA) is 63.2 Å². The SMILES string of the molecule is Cc1cc(C)nc(N2C(=O)C3CCCCC3C2=O)n1. The lowest BCUT2D eigenvalue weighted by molar-refractivity contribution is -0.122. The number of imide groups is 1. The van der Waals surface area contributed by atoms with Crippen molar-refractivity contribution in [2.75, 3.05) is 4.90 Å². The number of rotatable bonds is 1. The van der Waals surface area contributed by atoms with Crippen molar-refractivity contribution in [3.63, 3.8) is 0 Å². The van der Waals surface area contributed by atoms with Crippen molar-refractivity contribution in [2.45, 2.75) is 39.5 Å². The Labute approximate surface area is 112 Å². The third-order valence-electron chi connectivity index (χ3n) is 4.01. The molecule has 1 aromatic heterocycles. The Morgan fingerprint density at radius 2 is 1.47 bits per heavy atom. The average Bonchev–Trinajstić information content (AvgIpc) is 2.61.